The number of sulfone groups is 1. The van der Waals surface area contributed by atoms with Crippen molar-refractivity contribution in [1.82, 2.24) is 5.32 Å². The van der Waals surface area contributed by atoms with Crippen LogP contribution in [0.15, 0.2) is 29.2 Å². The van der Waals surface area contributed by atoms with Gasteiger partial charge in [0.2, 0.25) is 0 Å². The van der Waals surface area contributed by atoms with E-state index in [0.717, 1.165) is 50.8 Å². The lowest BCUT2D eigenvalue weighted by Crippen LogP contribution is -2.29. The van der Waals surface area contributed by atoms with E-state index in [0.29, 0.717) is 10.8 Å². The zero-order valence-corrected chi connectivity index (χ0v) is 12.0. The second kappa shape index (κ2) is 5.25. The monoisotopic (exact) mass is 279 g/mol. The molecule has 1 saturated heterocycles. The molecule has 0 amide bonds. The van der Waals surface area contributed by atoms with Crippen molar-refractivity contribution < 1.29 is 8.42 Å². The van der Waals surface area contributed by atoms with Crippen molar-refractivity contribution in [1.29, 1.82) is 0 Å². The summed E-state index contributed by atoms with van der Waals surface area (Å²) in [4.78, 5) is 0.594. The highest BCUT2D eigenvalue weighted by Crippen LogP contribution is 2.35. The van der Waals surface area contributed by atoms with Crippen LogP contribution >= 0.6 is 0 Å². The molecule has 104 valence electrons. The molecule has 0 radical (unpaired) electrons. The van der Waals surface area contributed by atoms with Crippen LogP contribution in [0.3, 0.4) is 0 Å². The summed E-state index contributed by atoms with van der Waals surface area (Å²) in [5.74, 6) is 0.622. The SMILES string of the molecule is O=S(=O)(c1ccccc1CC1CCNCC1)C1CC1. The van der Waals surface area contributed by atoms with Gasteiger partial charge in [-0.1, -0.05) is 18.2 Å². The molecule has 1 aliphatic heterocycles. The van der Waals surface area contributed by atoms with Crippen LogP contribution in [0.1, 0.15) is 31.2 Å². The van der Waals surface area contributed by atoms with Crippen LogP contribution in [0.4, 0.5) is 0 Å². The van der Waals surface area contributed by atoms with Crippen LogP contribution in [0.25, 0.3) is 0 Å². The topological polar surface area (TPSA) is 46.2 Å². The minimum atomic E-state index is -3.06. The van der Waals surface area contributed by atoms with E-state index in [9.17, 15) is 8.42 Å². The second-order valence-corrected chi connectivity index (χ2v) is 7.95. The molecule has 0 spiro atoms. The first-order chi connectivity index (χ1) is 9.18. The fraction of sp³-hybridized carbons (Fsp3) is 0.600. The lowest BCUT2D eigenvalue weighted by molar-refractivity contribution is 0.371. The summed E-state index contributed by atoms with van der Waals surface area (Å²) in [6.07, 6.45) is 4.88. The van der Waals surface area contributed by atoms with Crippen LogP contribution < -0.4 is 5.32 Å². The van der Waals surface area contributed by atoms with E-state index in [1.807, 2.05) is 18.2 Å². The van der Waals surface area contributed by atoms with Gasteiger partial charge in [0.1, 0.15) is 0 Å². The Bertz CT molecular complexity index is 543. The third-order valence-corrected chi connectivity index (χ3v) is 6.57. The quantitative estimate of drug-likeness (QED) is 0.918. The maximum Gasteiger partial charge on any atom is 0.181 e. The van der Waals surface area contributed by atoms with Gasteiger partial charge in [-0.2, -0.15) is 0 Å². The minimum Gasteiger partial charge on any atom is -0.317 e. The van der Waals surface area contributed by atoms with Crippen molar-refractivity contribution in [2.24, 2.45) is 5.92 Å². The molecule has 2 fully saturated rings. The standard InChI is InChI=1S/C15H21NO2S/c17-19(18,14-5-6-14)15-4-2-1-3-13(15)11-12-7-9-16-10-8-12/h1-4,12,14,16H,5-11H2. The largest absolute Gasteiger partial charge is 0.317 e. The molecule has 0 atom stereocenters. The van der Waals surface area contributed by atoms with Gasteiger partial charge >= 0.3 is 0 Å². The van der Waals surface area contributed by atoms with Gasteiger partial charge in [-0.05, 0) is 62.7 Å². The molecule has 2 aliphatic rings. The van der Waals surface area contributed by atoms with Gasteiger partial charge in [-0.3, -0.25) is 0 Å². The van der Waals surface area contributed by atoms with Gasteiger partial charge in [0.05, 0.1) is 10.1 Å². The number of benzene rings is 1. The Hall–Kier alpha value is -0.870. The lowest BCUT2D eigenvalue weighted by atomic mass is 9.91. The molecule has 3 rings (SSSR count). The number of piperidine rings is 1. The average Bonchev–Trinajstić information content (AvgIpc) is 3.25. The Morgan fingerprint density at radius 1 is 1.05 bits per heavy atom. The van der Waals surface area contributed by atoms with E-state index in [4.69, 9.17) is 0 Å². The molecule has 1 aromatic rings. The van der Waals surface area contributed by atoms with Crippen LogP contribution in [0, 0.1) is 5.92 Å². The van der Waals surface area contributed by atoms with E-state index < -0.39 is 9.84 Å². The number of nitrogens with one attached hydrogen (secondary N) is 1. The highest BCUT2D eigenvalue weighted by Gasteiger charge is 2.38. The van der Waals surface area contributed by atoms with Crippen LogP contribution in [0.5, 0.6) is 0 Å². The molecule has 1 aliphatic carbocycles. The van der Waals surface area contributed by atoms with Crippen molar-refractivity contribution >= 4 is 9.84 Å². The van der Waals surface area contributed by atoms with E-state index in [1.165, 1.54) is 0 Å². The Balaban J connectivity index is 1.84. The Morgan fingerprint density at radius 2 is 1.74 bits per heavy atom. The predicted molar refractivity (Wildman–Crippen MR) is 75.9 cm³/mol. The summed E-state index contributed by atoms with van der Waals surface area (Å²) in [6.45, 7) is 2.12. The summed E-state index contributed by atoms with van der Waals surface area (Å²) >= 11 is 0. The average molecular weight is 279 g/mol. The summed E-state index contributed by atoms with van der Waals surface area (Å²) in [5.41, 5.74) is 1.03. The van der Waals surface area contributed by atoms with Crippen LogP contribution in [-0.2, 0) is 16.3 Å². The summed E-state index contributed by atoms with van der Waals surface area (Å²) < 4.78 is 24.9. The first-order valence-corrected chi connectivity index (χ1v) is 8.75. The normalized spacial score (nSPS) is 21.5. The predicted octanol–water partition coefficient (Wildman–Crippen LogP) is 2.16. The van der Waals surface area contributed by atoms with Crippen molar-refractivity contribution in [3.8, 4) is 0 Å². The second-order valence-electron chi connectivity index (χ2n) is 5.75. The molecule has 1 aromatic carbocycles. The Morgan fingerprint density at radius 3 is 2.42 bits per heavy atom. The molecular weight excluding hydrogens is 258 g/mol. The van der Waals surface area contributed by atoms with Gasteiger partial charge in [0.25, 0.3) is 0 Å². The molecule has 0 bridgehead atoms. The molecule has 1 saturated carbocycles. The molecule has 4 heteroatoms. The van der Waals surface area contributed by atoms with Gasteiger partial charge in [0.15, 0.2) is 9.84 Å². The summed E-state index contributed by atoms with van der Waals surface area (Å²) in [6, 6.07) is 7.60. The number of hydrogen-bond acceptors (Lipinski definition) is 3. The third-order valence-electron chi connectivity index (χ3n) is 4.21. The van der Waals surface area contributed by atoms with E-state index >= 15 is 0 Å². The minimum absolute atomic E-state index is 0.110. The highest BCUT2D eigenvalue weighted by atomic mass is 32.2. The molecule has 19 heavy (non-hydrogen) atoms. The van der Waals surface area contributed by atoms with Gasteiger partial charge in [-0.25, -0.2) is 8.42 Å². The molecule has 1 heterocycles. The summed E-state index contributed by atoms with van der Waals surface area (Å²) in [7, 11) is -3.06. The van der Waals surface area contributed by atoms with Crippen LogP contribution in [-0.4, -0.2) is 26.8 Å². The number of hydrogen-bond donors (Lipinski definition) is 1. The zero-order valence-electron chi connectivity index (χ0n) is 11.1. The first kappa shape index (κ1) is 13.1. The van der Waals surface area contributed by atoms with Gasteiger partial charge < -0.3 is 5.32 Å². The lowest BCUT2D eigenvalue weighted by Gasteiger charge is -2.23. The fourth-order valence-corrected chi connectivity index (χ4v) is 4.81. The van der Waals surface area contributed by atoms with Crippen LogP contribution in [0.2, 0.25) is 0 Å². The van der Waals surface area contributed by atoms with Crippen molar-refractivity contribution in [2.45, 2.75) is 42.2 Å². The third kappa shape index (κ3) is 2.84. The first-order valence-electron chi connectivity index (χ1n) is 7.20. The van der Waals surface area contributed by atoms with Gasteiger partial charge in [0, 0.05) is 0 Å². The Labute approximate surface area is 115 Å². The molecule has 0 aromatic heterocycles. The maximum atomic E-state index is 12.4. The zero-order chi connectivity index (χ0) is 13.3. The van der Waals surface area contributed by atoms with E-state index in [1.54, 1.807) is 6.07 Å². The number of rotatable bonds is 4. The van der Waals surface area contributed by atoms with E-state index in [-0.39, 0.29) is 5.25 Å². The maximum absolute atomic E-state index is 12.4. The highest BCUT2D eigenvalue weighted by molar-refractivity contribution is 7.92. The fourth-order valence-electron chi connectivity index (χ4n) is 2.90. The van der Waals surface area contributed by atoms with E-state index in [2.05, 4.69) is 5.32 Å². The molecule has 1 N–H and O–H groups in total. The Kier molecular flexibility index (Phi) is 3.63. The molecule has 0 unspecified atom stereocenters. The van der Waals surface area contributed by atoms with Crippen molar-refractivity contribution in [2.75, 3.05) is 13.1 Å². The van der Waals surface area contributed by atoms with Gasteiger partial charge in [-0.15, -0.1) is 0 Å². The van der Waals surface area contributed by atoms with Crippen molar-refractivity contribution in [3.05, 3.63) is 29.8 Å². The van der Waals surface area contributed by atoms with Crippen molar-refractivity contribution in [3.63, 3.8) is 0 Å². The molecular formula is C15H21NO2S. The molecule has 3 nitrogen and oxygen atoms in total. The smallest absolute Gasteiger partial charge is 0.181 e. The summed E-state index contributed by atoms with van der Waals surface area (Å²) in [5, 5.41) is 3.25.